The molecular weight excluding hydrogens is 356 g/mol. The third-order valence-electron chi connectivity index (χ3n) is 4.09. The number of rotatable bonds is 6. The Kier molecular flexibility index (Phi) is 5.21. The first kappa shape index (κ1) is 18.6. The monoisotopic (exact) mass is 373 g/mol. The van der Waals surface area contributed by atoms with Gasteiger partial charge in [-0.25, -0.2) is 4.79 Å². The number of Topliss-reactive ketones (excluding diaryl/α,β-unsaturated/α-hetero) is 1. The molecule has 27 heavy (non-hydrogen) atoms. The van der Waals surface area contributed by atoms with Crippen molar-refractivity contribution in [1.29, 1.82) is 0 Å². The van der Waals surface area contributed by atoms with Gasteiger partial charge >= 0.3 is 12.6 Å². The van der Waals surface area contributed by atoms with Gasteiger partial charge in [0.05, 0.1) is 5.56 Å². The van der Waals surface area contributed by atoms with E-state index < -0.39 is 18.7 Å². The first-order valence-electron chi connectivity index (χ1n) is 8.24. The lowest BCUT2D eigenvalue weighted by atomic mass is 10.0. The van der Waals surface area contributed by atoms with Crippen molar-refractivity contribution in [2.45, 2.75) is 26.6 Å². The Bertz CT molecular complexity index is 997. The number of ketones is 1. The van der Waals surface area contributed by atoms with E-state index in [2.05, 4.69) is 9.72 Å². The number of benzene rings is 2. The van der Waals surface area contributed by atoms with Gasteiger partial charge in [-0.2, -0.15) is 8.78 Å². The summed E-state index contributed by atoms with van der Waals surface area (Å²) in [6.45, 7) is 0.245. The molecule has 3 rings (SSSR count). The van der Waals surface area contributed by atoms with Crippen LogP contribution in [0.5, 0.6) is 5.75 Å². The van der Waals surface area contributed by atoms with E-state index in [0.717, 1.165) is 17.0 Å². The van der Waals surface area contributed by atoms with Crippen molar-refractivity contribution in [2.24, 2.45) is 0 Å². The van der Waals surface area contributed by atoms with Crippen LogP contribution in [0.15, 0.2) is 48.5 Å². The first-order valence-corrected chi connectivity index (χ1v) is 8.24. The summed E-state index contributed by atoms with van der Waals surface area (Å²) in [6.07, 6.45) is -1.05. The summed E-state index contributed by atoms with van der Waals surface area (Å²) in [7, 11) is 0. The van der Waals surface area contributed by atoms with Crippen LogP contribution in [0.25, 0.3) is 10.9 Å². The van der Waals surface area contributed by atoms with Gasteiger partial charge in [-0.1, -0.05) is 24.3 Å². The molecule has 1 aromatic heterocycles. The number of nitrogens with one attached hydrogen (secondary N) is 1. The molecule has 0 bridgehead atoms. The Labute approximate surface area is 153 Å². The van der Waals surface area contributed by atoms with Crippen LogP contribution < -0.4 is 4.74 Å². The number of halogens is 2. The third kappa shape index (κ3) is 3.97. The Balaban J connectivity index is 1.78. The van der Waals surface area contributed by atoms with Gasteiger partial charge in [-0.05, 0) is 38.1 Å². The van der Waals surface area contributed by atoms with Gasteiger partial charge in [0.1, 0.15) is 5.75 Å². The highest BCUT2D eigenvalue weighted by Crippen LogP contribution is 2.24. The molecule has 1 atom stereocenters. The Morgan fingerprint density at radius 3 is 2.56 bits per heavy atom. The summed E-state index contributed by atoms with van der Waals surface area (Å²) in [4.78, 5) is 28.2. The number of esters is 1. The van der Waals surface area contributed by atoms with Gasteiger partial charge < -0.3 is 14.5 Å². The Hall–Kier alpha value is -3.22. The van der Waals surface area contributed by atoms with Crippen molar-refractivity contribution in [1.82, 2.24) is 4.98 Å². The smallest absolute Gasteiger partial charge is 0.387 e. The van der Waals surface area contributed by atoms with Crippen LogP contribution in [-0.2, 0) is 4.74 Å². The normalized spacial score (nSPS) is 12.2. The number of aromatic nitrogens is 1. The lowest BCUT2D eigenvalue weighted by molar-refractivity contribution is -0.0499. The van der Waals surface area contributed by atoms with Crippen molar-refractivity contribution >= 4 is 22.7 Å². The lowest BCUT2D eigenvalue weighted by Gasteiger charge is -2.13. The highest BCUT2D eigenvalue weighted by molar-refractivity contribution is 6.11. The molecule has 3 aromatic rings. The number of aromatic amines is 1. The van der Waals surface area contributed by atoms with Crippen LogP contribution in [-0.4, -0.2) is 29.5 Å². The van der Waals surface area contributed by atoms with E-state index >= 15 is 0 Å². The number of ether oxygens (including phenoxy) is 2. The van der Waals surface area contributed by atoms with Crippen LogP contribution in [0, 0.1) is 6.92 Å². The zero-order valence-electron chi connectivity index (χ0n) is 14.7. The number of hydrogen-bond donors (Lipinski definition) is 1. The van der Waals surface area contributed by atoms with Crippen LogP contribution in [0.1, 0.15) is 33.3 Å². The summed E-state index contributed by atoms with van der Waals surface area (Å²) in [6, 6.07) is 12.6. The fourth-order valence-electron chi connectivity index (χ4n) is 2.88. The molecule has 0 radical (unpaired) electrons. The molecule has 0 aliphatic rings. The quantitative estimate of drug-likeness (QED) is 0.510. The molecule has 1 N–H and O–H groups in total. The number of carbonyl (C=O) groups is 2. The number of carbonyl (C=O) groups excluding carboxylic acids is 2. The molecule has 1 heterocycles. The average molecular weight is 373 g/mol. The fraction of sp³-hybridized carbons (Fsp3) is 0.200. The predicted octanol–water partition coefficient (Wildman–Crippen LogP) is 4.51. The van der Waals surface area contributed by atoms with Crippen LogP contribution in [0.2, 0.25) is 0 Å². The van der Waals surface area contributed by atoms with E-state index in [1.165, 1.54) is 25.1 Å². The van der Waals surface area contributed by atoms with Gasteiger partial charge in [0.15, 0.2) is 6.10 Å². The minimum atomic E-state index is -3.00. The number of fused-ring (bicyclic) bond motifs is 1. The molecule has 140 valence electrons. The van der Waals surface area contributed by atoms with Crippen molar-refractivity contribution in [3.63, 3.8) is 0 Å². The Morgan fingerprint density at radius 1 is 1.07 bits per heavy atom. The highest BCUT2D eigenvalue weighted by atomic mass is 19.3. The minimum Gasteiger partial charge on any atom is -0.451 e. The first-order chi connectivity index (χ1) is 12.9. The van der Waals surface area contributed by atoms with Crippen LogP contribution in [0.3, 0.4) is 0 Å². The lowest BCUT2D eigenvalue weighted by Crippen LogP contribution is -2.25. The van der Waals surface area contributed by atoms with Crippen molar-refractivity contribution in [3.8, 4) is 5.75 Å². The predicted molar refractivity (Wildman–Crippen MR) is 95.3 cm³/mol. The summed E-state index contributed by atoms with van der Waals surface area (Å²) >= 11 is 0. The van der Waals surface area contributed by atoms with Crippen LogP contribution >= 0.6 is 0 Å². The van der Waals surface area contributed by atoms with Gasteiger partial charge in [0.2, 0.25) is 5.78 Å². The summed E-state index contributed by atoms with van der Waals surface area (Å²) in [5.74, 6) is -1.31. The number of hydrogen-bond acceptors (Lipinski definition) is 4. The number of H-pyrrole nitrogens is 1. The van der Waals surface area contributed by atoms with E-state index in [1.807, 2.05) is 24.3 Å². The maximum absolute atomic E-state index is 12.8. The molecule has 0 unspecified atom stereocenters. The number of alkyl halides is 2. The summed E-state index contributed by atoms with van der Waals surface area (Å²) in [5, 5.41) is 0.746. The SMILES string of the molecule is Cc1[nH]c2ccccc2c1C(=O)[C@H](C)OC(=O)c1cccc(OC(F)F)c1. The summed E-state index contributed by atoms with van der Waals surface area (Å²) in [5.41, 5.74) is 1.97. The second-order valence-electron chi connectivity index (χ2n) is 5.99. The maximum atomic E-state index is 12.8. The molecule has 0 fully saturated rings. The molecule has 0 spiro atoms. The molecule has 0 aliphatic heterocycles. The van der Waals surface area contributed by atoms with Gasteiger partial charge in [0.25, 0.3) is 0 Å². The van der Waals surface area contributed by atoms with Crippen molar-refractivity contribution in [2.75, 3.05) is 0 Å². The van der Waals surface area contributed by atoms with Crippen LogP contribution in [0.4, 0.5) is 8.78 Å². The summed E-state index contributed by atoms with van der Waals surface area (Å²) < 4.78 is 34.1. The molecule has 0 amide bonds. The molecule has 5 nitrogen and oxygen atoms in total. The standard InChI is InChI=1S/C20H17F2NO4/c1-11-17(15-8-3-4-9-16(15)23-11)18(24)12(2)26-19(25)13-6-5-7-14(10-13)27-20(21)22/h3-10,12,20,23H,1-2H3/t12-/m0/s1. The van der Waals surface area contributed by atoms with Gasteiger partial charge in [-0.15, -0.1) is 0 Å². The molecule has 7 heteroatoms. The molecule has 0 saturated carbocycles. The second kappa shape index (κ2) is 7.57. The van der Waals surface area contributed by atoms with Gasteiger partial charge in [0, 0.05) is 22.2 Å². The van der Waals surface area contributed by atoms with E-state index in [-0.39, 0.29) is 17.1 Å². The van der Waals surface area contributed by atoms with Gasteiger partial charge in [-0.3, -0.25) is 4.79 Å². The zero-order valence-corrected chi connectivity index (χ0v) is 14.7. The van der Waals surface area contributed by atoms with E-state index in [4.69, 9.17) is 4.74 Å². The minimum absolute atomic E-state index is 0.0171. The van der Waals surface area contributed by atoms with E-state index in [0.29, 0.717) is 11.3 Å². The van der Waals surface area contributed by atoms with Crippen molar-refractivity contribution in [3.05, 3.63) is 65.4 Å². The molecule has 0 saturated heterocycles. The largest absolute Gasteiger partial charge is 0.451 e. The Morgan fingerprint density at radius 2 is 1.81 bits per heavy atom. The number of para-hydroxylation sites is 1. The third-order valence-corrected chi connectivity index (χ3v) is 4.09. The topological polar surface area (TPSA) is 68.4 Å². The average Bonchev–Trinajstić information content (AvgIpc) is 2.96. The van der Waals surface area contributed by atoms with E-state index in [9.17, 15) is 18.4 Å². The van der Waals surface area contributed by atoms with E-state index in [1.54, 1.807) is 6.92 Å². The zero-order chi connectivity index (χ0) is 19.6. The fourth-order valence-corrected chi connectivity index (χ4v) is 2.88. The highest BCUT2D eigenvalue weighted by Gasteiger charge is 2.25. The molecular formula is C20H17F2NO4. The maximum Gasteiger partial charge on any atom is 0.387 e. The number of aryl methyl sites for hydroxylation is 1. The van der Waals surface area contributed by atoms with Crippen molar-refractivity contribution < 1.29 is 27.8 Å². The second-order valence-corrected chi connectivity index (χ2v) is 5.99. The molecule has 0 aliphatic carbocycles. The molecule has 2 aromatic carbocycles.